The standard InChI is InChI=1S/C22H23NO4S/c1-26-22(25)21-23-9-13-10-27-11-15-18-14(7-8-16(18)24)17(19(15)20(13)28-21)12-5-3-2-4-6-12/h7-8,11-12,18,24H,2-6,9-10H2,1H3. The smallest absolute Gasteiger partial charge is 0.363 e. The molecule has 1 fully saturated rings. The van der Waals surface area contributed by atoms with Gasteiger partial charge in [0.05, 0.1) is 25.8 Å². The number of allylic oxidation sites excluding steroid dienone is 5. The Balaban J connectivity index is 1.64. The van der Waals surface area contributed by atoms with Crippen molar-refractivity contribution >= 4 is 22.8 Å². The number of ether oxygens (including phenoxy) is 2. The predicted octanol–water partition coefficient (Wildman–Crippen LogP) is 4.36. The van der Waals surface area contributed by atoms with E-state index in [1.54, 1.807) is 0 Å². The van der Waals surface area contributed by atoms with Gasteiger partial charge in [-0.05, 0) is 41.6 Å². The summed E-state index contributed by atoms with van der Waals surface area (Å²) in [6, 6.07) is 0. The lowest BCUT2D eigenvalue weighted by molar-refractivity contribution is -0.132. The molecule has 0 aromatic carbocycles. The SMILES string of the molecule is COC(=O)C1=NCC2=C(S1)C1=C(C3CCCCC3)C3=CC=C(O)C3C1=COC2. The van der Waals surface area contributed by atoms with Crippen LogP contribution in [0, 0.1) is 11.8 Å². The molecule has 0 aromatic rings. The van der Waals surface area contributed by atoms with E-state index in [-0.39, 0.29) is 5.92 Å². The maximum atomic E-state index is 12.1. The van der Waals surface area contributed by atoms with Crippen LogP contribution in [-0.2, 0) is 14.3 Å². The highest BCUT2D eigenvalue weighted by atomic mass is 32.2. The summed E-state index contributed by atoms with van der Waals surface area (Å²) >= 11 is 1.39. The number of aliphatic imine (C=N–C) groups is 1. The first-order chi connectivity index (χ1) is 13.7. The van der Waals surface area contributed by atoms with Crippen LogP contribution in [0.2, 0.25) is 0 Å². The number of methoxy groups -OCH3 is 1. The Bertz CT molecular complexity index is 928. The van der Waals surface area contributed by atoms with Gasteiger partial charge in [-0.15, -0.1) is 0 Å². The van der Waals surface area contributed by atoms with Crippen LogP contribution in [0.25, 0.3) is 0 Å². The van der Waals surface area contributed by atoms with Gasteiger partial charge >= 0.3 is 5.97 Å². The molecule has 0 bridgehead atoms. The van der Waals surface area contributed by atoms with Gasteiger partial charge < -0.3 is 14.6 Å². The van der Waals surface area contributed by atoms with Crippen LogP contribution in [0.4, 0.5) is 0 Å². The fourth-order valence-corrected chi connectivity index (χ4v) is 6.05. The zero-order valence-electron chi connectivity index (χ0n) is 15.9. The molecule has 0 radical (unpaired) electrons. The quantitative estimate of drug-likeness (QED) is 0.701. The molecule has 28 heavy (non-hydrogen) atoms. The molecule has 146 valence electrons. The van der Waals surface area contributed by atoms with Crippen LogP contribution >= 0.6 is 11.8 Å². The Kier molecular flexibility index (Phi) is 4.46. The summed E-state index contributed by atoms with van der Waals surface area (Å²) in [6.07, 6.45) is 11.8. The minimum atomic E-state index is -0.396. The lowest BCUT2D eigenvalue weighted by Gasteiger charge is -2.26. The van der Waals surface area contributed by atoms with Gasteiger partial charge in [0.1, 0.15) is 12.4 Å². The number of carbonyl (C=O) groups excluding carboxylic acids is 1. The number of fused-ring (bicyclic) bond motifs is 4. The van der Waals surface area contributed by atoms with Crippen molar-refractivity contribution < 1.29 is 19.4 Å². The zero-order chi connectivity index (χ0) is 19.3. The van der Waals surface area contributed by atoms with Gasteiger partial charge in [-0.2, -0.15) is 0 Å². The third-order valence-corrected chi connectivity index (χ3v) is 7.41. The number of nitrogens with zero attached hydrogens (tertiary/aromatic N) is 1. The van der Waals surface area contributed by atoms with Crippen molar-refractivity contribution in [1.82, 2.24) is 0 Å². The summed E-state index contributed by atoms with van der Waals surface area (Å²) in [5, 5.41) is 11.0. The summed E-state index contributed by atoms with van der Waals surface area (Å²) in [6.45, 7) is 0.905. The van der Waals surface area contributed by atoms with E-state index in [0.717, 1.165) is 21.6 Å². The Hall–Kier alpha value is -2.21. The molecule has 0 spiro atoms. The molecule has 2 heterocycles. The van der Waals surface area contributed by atoms with Crippen molar-refractivity contribution in [3.8, 4) is 0 Å². The molecular formula is C22H23NO4S. The Morgan fingerprint density at radius 3 is 2.86 bits per heavy atom. The number of hydrogen-bond donors (Lipinski definition) is 1. The number of esters is 1. The van der Waals surface area contributed by atoms with E-state index in [1.807, 2.05) is 12.3 Å². The number of hydrogen-bond acceptors (Lipinski definition) is 6. The van der Waals surface area contributed by atoms with Crippen LogP contribution in [0.1, 0.15) is 32.1 Å². The molecule has 1 N–H and O–H groups in total. The molecule has 1 unspecified atom stereocenters. The molecule has 0 amide bonds. The van der Waals surface area contributed by atoms with Crippen molar-refractivity contribution in [2.45, 2.75) is 32.1 Å². The molecule has 0 aromatic heterocycles. The Morgan fingerprint density at radius 2 is 2.07 bits per heavy atom. The van der Waals surface area contributed by atoms with E-state index in [0.29, 0.717) is 29.9 Å². The van der Waals surface area contributed by atoms with Crippen LogP contribution < -0.4 is 0 Å². The molecule has 1 saturated carbocycles. The first-order valence-corrected chi connectivity index (χ1v) is 10.7. The summed E-state index contributed by atoms with van der Waals surface area (Å²) < 4.78 is 10.8. The maximum absolute atomic E-state index is 12.1. The van der Waals surface area contributed by atoms with Crippen molar-refractivity contribution in [3.05, 3.63) is 56.9 Å². The van der Waals surface area contributed by atoms with Crippen LogP contribution in [0.5, 0.6) is 0 Å². The first-order valence-electron chi connectivity index (χ1n) is 9.89. The molecule has 1 atom stereocenters. The van der Waals surface area contributed by atoms with Crippen molar-refractivity contribution in [2.75, 3.05) is 20.3 Å². The van der Waals surface area contributed by atoms with E-state index in [9.17, 15) is 9.90 Å². The number of thioether (sulfide) groups is 1. The van der Waals surface area contributed by atoms with Gasteiger partial charge in [-0.3, -0.25) is 4.99 Å². The molecule has 2 aliphatic heterocycles. The van der Waals surface area contributed by atoms with E-state index in [2.05, 4.69) is 11.1 Å². The summed E-state index contributed by atoms with van der Waals surface area (Å²) in [4.78, 5) is 17.6. The van der Waals surface area contributed by atoms with Gasteiger partial charge in [0.2, 0.25) is 0 Å². The Labute approximate surface area is 168 Å². The number of carbonyl (C=O) groups is 1. The maximum Gasteiger partial charge on any atom is 0.363 e. The van der Waals surface area contributed by atoms with Gasteiger partial charge in [0.25, 0.3) is 0 Å². The van der Waals surface area contributed by atoms with E-state index in [4.69, 9.17) is 9.47 Å². The second-order valence-electron chi connectivity index (χ2n) is 7.80. The molecular weight excluding hydrogens is 374 g/mol. The fourth-order valence-electron chi connectivity index (χ4n) is 4.96. The Morgan fingerprint density at radius 1 is 1.25 bits per heavy atom. The molecule has 6 heteroatoms. The minimum absolute atomic E-state index is 0.139. The number of aliphatic hydroxyl groups is 1. The number of rotatable bonds is 2. The topological polar surface area (TPSA) is 68.1 Å². The first kappa shape index (κ1) is 17.9. The van der Waals surface area contributed by atoms with E-state index < -0.39 is 5.97 Å². The number of aliphatic hydroxyl groups excluding tert-OH is 1. The van der Waals surface area contributed by atoms with Crippen molar-refractivity contribution in [1.29, 1.82) is 0 Å². The molecule has 0 saturated heterocycles. The predicted molar refractivity (Wildman–Crippen MR) is 109 cm³/mol. The highest BCUT2D eigenvalue weighted by Crippen LogP contribution is 2.56. The monoisotopic (exact) mass is 397 g/mol. The van der Waals surface area contributed by atoms with Crippen LogP contribution in [-0.4, -0.2) is 36.4 Å². The van der Waals surface area contributed by atoms with Gasteiger partial charge in [-0.1, -0.05) is 37.1 Å². The van der Waals surface area contributed by atoms with Crippen molar-refractivity contribution in [3.63, 3.8) is 0 Å². The minimum Gasteiger partial charge on any atom is -0.511 e. The normalized spacial score (nSPS) is 27.0. The summed E-state index contributed by atoms with van der Waals surface area (Å²) in [5.41, 5.74) is 5.81. The fraction of sp³-hybridized carbons (Fsp3) is 0.455. The lowest BCUT2D eigenvalue weighted by atomic mass is 9.80. The lowest BCUT2D eigenvalue weighted by Crippen LogP contribution is -2.19. The van der Waals surface area contributed by atoms with E-state index in [1.165, 1.54) is 62.1 Å². The van der Waals surface area contributed by atoms with Crippen LogP contribution in [0.15, 0.2) is 61.9 Å². The highest BCUT2D eigenvalue weighted by Gasteiger charge is 2.45. The van der Waals surface area contributed by atoms with Crippen LogP contribution in [0.3, 0.4) is 0 Å². The largest absolute Gasteiger partial charge is 0.511 e. The van der Waals surface area contributed by atoms with Crippen molar-refractivity contribution in [2.24, 2.45) is 16.8 Å². The van der Waals surface area contributed by atoms with Gasteiger partial charge in [0.15, 0.2) is 5.04 Å². The molecule has 3 aliphatic carbocycles. The zero-order valence-corrected chi connectivity index (χ0v) is 16.7. The summed E-state index contributed by atoms with van der Waals surface area (Å²) in [5.74, 6) is 0.322. The second-order valence-corrected chi connectivity index (χ2v) is 8.80. The van der Waals surface area contributed by atoms with Gasteiger partial charge in [0, 0.05) is 16.1 Å². The molecule has 5 rings (SSSR count). The third-order valence-electron chi connectivity index (χ3n) is 6.22. The molecule has 5 aliphatic rings. The average molecular weight is 397 g/mol. The third kappa shape index (κ3) is 2.69. The average Bonchev–Trinajstić information content (AvgIpc) is 3.20. The van der Waals surface area contributed by atoms with E-state index >= 15 is 0 Å². The highest BCUT2D eigenvalue weighted by molar-refractivity contribution is 8.19. The molecule has 5 nitrogen and oxygen atoms in total. The second kappa shape index (κ2) is 6.99. The van der Waals surface area contributed by atoms with Gasteiger partial charge in [-0.25, -0.2) is 4.79 Å². The summed E-state index contributed by atoms with van der Waals surface area (Å²) in [7, 11) is 1.39.